The van der Waals surface area contributed by atoms with E-state index in [1.54, 1.807) is 0 Å². The molecule has 2 atom stereocenters. The number of nitrogens with zero attached hydrogens (tertiary/aromatic N) is 1. The summed E-state index contributed by atoms with van der Waals surface area (Å²) in [7, 11) is 2.10. The van der Waals surface area contributed by atoms with Gasteiger partial charge >= 0.3 is 5.97 Å². The number of hydrogen-bond acceptors (Lipinski definition) is 5. The highest BCUT2D eigenvalue weighted by molar-refractivity contribution is 5.96. The number of hydrogen-bond donors (Lipinski definition) is 0. The van der Waals surface area contributed by atoms with E-state index in [0.29, 0.717) is 0 Å². The average molecular weight is 365 g/mol. The minimum absolute atomic E-state index is 0.0319. The molecular weight excluding hydrogens is 342 g/mol. The number of aryl methyl sites for hydroxylation is 1. The van der Waals surface area contributed by atoms with Crippen molar-refractivity contribution in [2.45, 2.75) is 39.3 Å². The first-order valence-electron chi connectivity index (χ1n) is 9.40. The molecule has 2 aromatic rings. The molecule has 5 heteroatoms. The van der Waals surface area contributed by atoms with Gasteiger partial charge in [-0.15, -0.1) is 0 Å². The number of cyclic esters (lactones) is 1. The van der Waals surface area contributed by atoms with Gasteiger partial charge in [0.15, 0.2) is 11.5 Å². The zero-order valence-corrected chi connectivity index (χ0v) is 16.1. The molecular formula is C22H23NO4. The van der Waals surface area contributed by atoms with Crippen LogP contribution in [0.4, 0.5) is 0 Å². The topological polar surface area (TPSA) is 48.0 Å². The fourth-order valence-corrected chi connectivity index (χ4v) is 4.76. The van der Waals surface area contributed by atoms with Gasteiger partial charge in [0, 0.05) is 17.7 Å². The molecule has 0 fully saturated rings. The number of fused-ring (bicyclic) bond motifs is 3. The first-order valence-corrected chi connectivity index (χ1v) is 9.40. The predicted octanol–water partition coefficient (Wildman–Crippen LogP) is 3.78. The zero-order valence-electron chi connectivity index (χ0n) is 16.1. The number of esters is 1. The van der Waals surface area contributed by atoms with E-state index in [4.69, 9.17) is 14.2 Å². The Morgan fingerprint density at radius 3 is 2.74 bits per heavy atom. The van der Waals surface area contributed by atoms with Crippen LogP contribution in [0.3, 0.4) is 0 Å². The third kappa shape index (κ3) is 2.24. The summed E-state index contributed by atoms with van der Waals surface area (Å²) in [6, 6.07) is 6.20. The van der Waals surface area contributed by atoms with E-state index in [0.717, 1.165) is 52.3 Å². The molecule has 0 saturated carbocycles. The molecule has 27 heavy (non-hydrogen) atoms. The van der Waals surface area contributed by atoms with E-state index in [9.17, 15) is 4.79 Å². The summed E-state index contributed by atoms with van der Waals surface area (Å²) in [4.78, 5) is 15.0. The van der Waals surface area contributed by atoms with Crippen molar-refractivity contribution >= 4 is 5.97 Å². The Hall–Kier alpha value is -2.53. The Morgan fingerprint density at radius 1 is 1.11 bits per heavy atom. The fourth-order valence-electron chi connectivity index (χ4n) is 4.76. The third-order valence-electron chi connectivity index (χ3n) is 6.34. The number of ether oxygens (including phenoxy) is 3. The summed E-state index contributed by atoms with van der Waals surface area (Å²) < 4.78 is 17.3. The van der Waals surface area contributed by atoms with Gasteiger partial charge in [0.25, 0.3) is 0 Å². The molecule has 3 heterocycles. The molecule has 0 aromatic heterocycles. The lowest BCUT2D eigenvalue weighted by atomic mass is 9.83. The van der Waals surface area contributed by atoms with Gasteiger partial charge in [-0.1, -0.05) is 12.1 Å². The van der Waals surface area contributed by atoms with Gasteiger partial charge in [-0.25, -0.2) is 4.79 Å². The molecule has 3 aliphatic rings. The quantitative estimate of drug-likeness (QED) is 0.720. The van der Waals surface area contributed by atoms with Gasteiger partial charge < -0.3 is 14.2 Å². The normalized spacial score (nSPS) is 23.2. The summed E-state index contributed by atoms with van der Waals surface area (Å²) in [6.07, 6.45) is 0.634. The van der Waals surface area contributed by atoms with Gasteiger partial charge in [-0.3, -0.25) is 4.90 Å². The van der Waals surface area contributed by atoms with Crippen LogP contribution in [0.25, 0.3) is 0 Å². The summed E-state index contributed by atoms with van der Waals surface area (Å²) in [5.74, 6) is 1.43. The van der Waals surface area contributed by atoms with Crippen molar-refractivity contribution in [2.24, 2.45) is 0 Å². The van der Waals surface area contributed by atoms with E-state index in [2.05, 4.69) is 37.1 Å². The summed E-state index contributed by atoms with van der Waals surface area (Å²) in [6.45, 7) is 7.28. The molecule has 0 spiro atoms. The van der Waals surface area contributed by atoms with Crippen molar-refractivity contribution in [3.05, 3.63) is 57.1 Å². The molecule has 140 valence electrons. The maximum atomic E-state index is 12.7. The summed E-state index contributed by atoms with van der Waals surface area (Å²) >= 11 is 0. The highest BCUT2D eigenvalue weighted by Gasteiger charge is 2.44. The van der Waals surface area contributed by atoms with E-state index >= 15 is 0 Å². The van der Waals surface area contributed by atoms with Crippen LogP contribution in [0.2, 0.25) is 0 Å². The van der Waals surface area contributed by atoms with Crippen molar-refractivity contribution in [1.82, 2.24) is 4.90 Å². The molecule has 3 aliphatic heterocycles. The largest absolute Gasteiger partial charge is 0.454 e. The molecule has 0 saturated heterocycles. The smallest absolute Gasteiger partial charge is 0.339 e. The second-order valence-corrected chi connectivity index (χ2v) is 7.78. The Morgan fingerprint density at radius 2 is 1.93 bits per heavy atom. The van der Waals surface area contributed by atoms with E-state index in [1.807, 2.05) is 13.8 Å². The second kappa shape index (κ2) is 5.73. The van der Waals surface area contributed by atoms with Gasteiger partial charge in [0.1, 0.15) is 6.10 Å². The Labute approximate surface area is 158 Å². The maximum Gasteiger partial charge on any atom is 0.339 e. The molecule has 0 N–H and O–H groups in total. The van der Waals surface area contributed by atoms with E-state index in [-0.39, 0.29) is 24.9 Å². The lowest BCUT2D eigenvalue weighted by Gasteiger charge is -2.38. The van der Waals surface area contributed by atoms with Crippen LogP contribution < -0.4 is 9.47 Å². The lowest BCUT2D eigenvalue weighted by Crippen LogP contribution is -2.36. The highest BCUT2D eigenvalue weighted by atomic mass is 16.7. The maximum absolute atomic E-state index is 12.7. The molecule has 0 amide bonds. The Kier molecular flexibility index (Phi) is 3.53. The number of benzene rings is 2. The van der Waals surface area contributed by atoms with Crippen LogP contribution in [0.15, 0.2) is 18.2 Å². The minimum atomic E-state index is -0.310. The highest BCUT2D eigenvalue weighted by Crippen LogP contribution is 2.50. The van der Waals surface area contributed by atoms with Gasteiger partial charge in [-0.2, -0.15) is 0 Å². The third-order valence-corrected chi connectivity index (χ3v) is 6.34. The summed E-state index contributed by atoms with van der Waals surface area (Å²) in [5.41, 5.74) is 7.41. The average Bonchev–Trinajstić information content (AvgIpc) is 3.24. The summed E-state index contributed by atoms with van der Waals surface area (Å²) in [5, 5.41) is 0. The Balaban J connectivity index is 1.69. The molecule has 1 unspecified atom stereocenters. The molecule has 0 radical (unpaired) electrons. The van der Waals surface area contributed by atoms with Gasteiger partial charge in [-0.05, 0) is 62.6 Å². The molecule has 0 aliphatic carbocycles. The molecule has 5 rings (SSSR count). The van der Waals surface area contributed by atoms with Crippen molar-refractivity contribution in [2.75, 3.05) is 20.4 Å². The lowest BCUT2D eigenvalue weighted by molar-refractivity contribution is 0.00924. The molecule has 2 aromatic carbocycles. The zero-order chi connectivity index (χ0) is 18.9. The number of carbonyl (C=O) groups is 1. The van der Waals surface area contributed by atoms with Crippen molar-refractivity contribution < 1.29 is 19.0 Å². The van der Waals surface area contributed by atoms with Gasteiger partial charge in [0.05, 0.1) is 11.6 Å². The SMILES string of the molecule is Cc1ccc2c(c1C)C(=O)OC2[C@H]1c2c(cc3c(c2C)OCO3)CCN1C. The van der Waals surface area contributed by atoms with Crippen LogP contribution in [0, 0.1) is 20.8 Å². The van der Waals surface area contributed by atoms with E-state index in [1.165, 1.54) is 11.1 Å². The van der Waals surface area contributed by atoms with Crippen LogP contribution in [0.5, 0.6) is 11.5 Å². The van der Waals surface area contributed by atoms with Crippen LogP contribution in [0.1, 0.15) is 55.9 Å². The van der Waals surface area contributed by atoms with Crippen molar-refractivity contribution in [3.63, 3.8) is 0 Å². The van der Waals surface area contributed by atoms with E-state index < -0.39 is 0 Å². The van der Waals surface area contributed by atoms with Crippen molar-refractivity contribution in [3.8, 4) is 11.5 Å². The number of likely N-dealkylation sites (N-methyl/N-ethyl adjacent to an activating group) is 1. The first-order chi connectivity index (χ1) is 13.0. The van der Waals surface area contributed by atoms with Crippen LogP contribution in [-0.4, -0.2) is 31.3 Å². The minimum Gasteiger partial charge on any atom is -0.454 e. The molecule has 5 nitrogen and oxygen atoms in total. The van der Waals surface area contributed by atoms with Crippen LogP contribution >= 0.6 is 0 Å². The second-order valence-electron chi connectivity index (χ2n) is 7.78. The standard InChI is InChI=1S/C22H23NO4/c1-11-5-6-15-18(12(11)2)22(24)27-21(15)19-17-13(3)20-16(25-10-26-20)9-14(17)7-8-23(19)4/h5-6,9,19,21H,7-8,10H2,1-4H3/t19-,21?/m1/s1. The monoisotopic (exact) mass is 365 g/mol. The van der Waals surface area contributed by atoms with Crippen LogP contribution in [-0.2, 0) is 11.2 Å². The van der Waals surface area contributed by atoms with Gasteiger partial charge in [0.2, 0.25) is 6.79 Å². The number of carbonyl (C=O) groups excluding carboxylic acids is 1. The predicted molar refractivity (Wildman–Crippen MR) is 100 cm³/mol. The Bertz CT molecular complexity index is 981. The number of rotatable bonds is 1. The first kappa shape index (κ1) is 16.6. The fraction of sp³-hybridized carbons (Fsp3) is 0.409. The van der Waals surface area contributed by atoms with Crippen molar-refractivity contribution in [1.29, 1.82) is 0 Å². The molecule has 0 bridgehead atoms.